The molecular weight excluding hydrogens is 457 g/mol. The third-order valence-electron chi connectivity index (χ3n) is 7.20. The smallest absolute Gasteiger partial charge is 0.268 e. The second-order valence-corrected chi connectivity index (χ2v) is 10.6. The van der Waals surface area contributed by atoms with Crippen molar-refractivity contribution in [3.05, 3.63) is 93.2 Å². The van der Waals surface area contributed by atoms with Crippen LogP contribution in [0.1, 0.15) is 52.1 Å². The normalized spacial score (nSPS) is 17.2. The molecule has 0 saturated carbocycles. The molecule has 5 rings (SSSR count). The zero-order chi connectivity index (χ0) is 25.6. The second-order valence-electron chi connectivity index (χ2n) is 10.6. The van der Waals surface area contributed by atoms with Gasteiger partial charge in [0.25, 0.3) is 11.5 Å². The van der Waals surface area contributed by atoms with E-state index in [-0.39, 0.29) is 28.5 Å². The molecule has 1 fully saturated rings. The summed E-state index contributed by atoms with van der Waals surface area (Å²) in [5, 5.41) is 0. The summed E-state index contributed by atoms with van der Waals surface area (Å²) in [4.78, 5) is 44.6. The van der Waals surface area contributed by atoms with Gasteiger partial charge in [-0.2, -0.15) is 0 Å². The van der Waals surface area contributed by atoms with Crippen LogP contribution in [-0.2, 0) is 6.42 Å². The summed E-state index contributed by atoms with van der Waals surface area (Å²) >= 11 is 0. The highest BCUT2D eigenvalue weighted by Gasteiger charge is 2.37. The predicted octanol–water partition coefficient (Wildman–Crippen LogP) is 4.40. The van der Waals surface area contributed by atoms with Crippen molar-refractivity contribution in [3.63, 3.8) is 0 Å². The Balaban J connectivity index is 1.52. The number of halogens is 1. The number of fused-ring (bicyclic) bond motifs is 1. The lowest BCUT2D eigenvalue weighted by atomic mass is 9.73. The van der Waals surface area contributed by atoms with Gasteiger partial charge in [0.2, 0.25) is 0 Å². The van der Waals surface area contributed by atoms with Gasteiger partial charge in [0.05, 0.1) is 0 Å². The molecule has 2 aliphatic rings. The first-order chi connectivity index (χ1) is 17.1. The molecule has 0 bridgehead atoms. The molecule has 2 aromatic carbocycles. The van der Waals surface area contributed by atoms with Crippen molar-refractivity contribution in [1.29, 1.82) is 0 Å². The van der Waals surface area contributed by atoms with E-state index >= 15 is 0 Å². The van der Waals surface area contributed by atoms with Crippen LogP contribution in [0.5, 0.6) is 0 Å². The second kappa shape index (κ2) is 9.04. The average molecular weight is 488 g/mol. The van der Waals surface area contributed by atoms with Crippen molar-refractivity contribution in [2.24, 2.45) is 5.41 Å². The fraction of sp³-hybridized carbons (Fsp3) is 0.345. The molecule has 36 heavy (non-hydrogen) atoms. The van der Waals surface area contributed by atoms with Gasteiger partial charge in [0, 0.05) is 55.7 Å². The number of aryl methyl sites for hydroxylation is 1. The Morgan fingerprint density at radius 1 is 0.861 bits per heavy atom. The van der Waals surface area contributed by atoms with Crippen LogP contribution in [0.4, 0.5) is 10.1 Å². The molecule has 2 heterocycles. The number of amides is 1. The van der Waals surface area contributed by atoms with Crippen LogP contribution < -0.4 is 10.5 Å². The summed E-state index contributed by atoms with van der Waals surface area (Å²) in [6.07, 6.45) is 2.48. The number of rotatable bonds is 3. The number of piperazine rings is 1. The molecule has 0 atom stereocenters. The van der Waals surface area contributed by atoms with Crippen LogP contribution in [0.3, 0.4) is 0 Å². The van der Waals surface area contributed by atoms with Crippen LogP contribution in [0.25, 0.3) is 5.69 Å². The van der Waals surface area contributed by atoms with Gasteiger partial charge in [0.15, 0.2) is 5.78 Å². The third-order valence-corrected chi connectivity index (χ3v) is 7.20. The number of hydrogen-bond donors (Lipinski definition) is 0. The fourth-order valence-corrected chi connectivity index (χ4v) is 5.24. The maximum atomic E-state index is 13.9. The number of carbonyl (C=O) groups is 2. The minimum Gasteiger partial charge on any atom is -0.368 e. The van der Waals surface area contributed by atoms with E-state index in [9.17, 15) is 18.8 Å². The number of anilines is 1. The van der Waals surface area contributed by atoms with Crippen molar-refractivity contribution in [1.82, 2.24) is 9.47 Å². The summed E-state index contributed by atoms with van der Waals surface area (Å²) in [6.45, 7) is 7.96. The zero-order valence-electron chi connectivity index (χ0n) is 20.9. The van der Waals surface area contributed by atoms with Crippen molar-refractivity contribution in [3.8, 4) is 5.69 Å². The molecule has 7 heteroatoms. The monoisotopic (exact) mass is 487 g/mol. The first-order valence-corrected chi connectivity index (χ1v) is 12.3. The number of carbonyl (C=O) groups excluding carboxylic acids is 2. The van der Waals surface area contributed by atoms with Gasteiger partial charge in [-0.1, -0.05) is 31.5 Å². The van der Waals surface area contributed by atoms with Crippen molar-refractivity contribution in [2.75, 3.05) is 31.1 Å². The largest absolute Gasteiger partial charge is 0.368 e. The van der Waals surface area contributed by atoms with E-state index in [1.54, 1.807) is 23.2 Å². The number of benzene rings is 2. The molecule has 1 aliphatic heterocycles. The quantitative estimate of drug-likeness (QED) is 0.549. The Morgan fingerprint density at radius 3 is 2.11 bits per heavy atom. The van der Waals surface area contributed by atoms with Crippen LogP contribution >= 0.6 is 0 Å². The topological polar surface area (TPSA) is 62.6 Å². The molecule has 0 unspecified atom stereocenters. The van der Waals surface area contributed by atoms with Crippen LogP contribution in [-0.4, -0.2) is 47.3 Å². The third kappa shape index (κ3) is 4.45. The van der Waals surface area contributed by atoms with E-state index < -0.39 is 5.56 Å². The highest BCUT2D eigenvalue weighted by Crippen LogP contribution is 2.36. The minimum absolute atomic E-state index is 0.0442. The van der Waals surface area contributed by atoms with Crippen LogP contribution in [0.2, 0.25) is 0 Å². The average Bonchev–Trinajstić information content (AvgIpc) is 2.84. The van der Waals surface area contributed by atoms with Crippen molar-refractivity contribution >= 4 is 17.4 Å². The predicted molar refractivity (Wildman–Crippen MR) is 138 cm³/mol. The molecule has 0 spiro atoms. The van der Waals surface area contributed by atoms with E-state index in [1.807, 2.05) is 45.0 Å². The summed E-state index contributed by atoms with van der Waals surface area (Å²) in [6, 6.07) is 13.8. The van der Waals surface area contributed by atoms with E-state index in [4.69, 9.17) is 0 Å². The highest BCUT2D eigenvalue weighted by molar-refractivity contribution is 6.04. The number of hydrogen-bond acceptors (Lipinski definition) is 4. The Kier molecular flexibility index (Phi) is 6.02. The van der Waals surface area contributed by atoms with E-state index in [2.05, 4.69) is 4.90 Å². The highest BCUT2D eigenvalue weighted by atomic mass is 19.1. The molecule has 186 valence electrons. The van der Waals surface area contributed by atoms with Gasteiger partial charge in [-0.05, 0) is 60.7 Å². The van der Waals surface area contributed by atoms with E-state index in [0.717, 1.165) is 11.3 Å². The van der Waals surface area contributed by atoms with Gasteiger partial charge in [-0.15, -0.1) is 0 Å². The molecule has 3 aromatic rings. The first kappa shape index (κ1) is 24.0. The maximum Gasteiger partial charge on any atom is 0.268 e. The summed E-state index contributed by atoms with van der Waals surface area (Å²) in [5.74, 6) is -0.664. The Morgan fingerprint density at radius 2 is 1.47 bits per heavy atom. The Bertz CT molecular complexity index is 1380. The molecule has 0 radical (unpaired) electrons. The zero-order valence-corrected chi connectivity index (χ0v) is 20.9. The van der Waals surface area contributed by atoms with Gasteiger partial charge < -0.3 is 9.80 Å². The van der Waals surface area contributed by atoms with E-state index in [1.165, 1.54) is 16.7 Å². The van der Waals surface area contributed by atoms with Crippen LogP contribution in [0.15, 0.2) is 59.5 Å². The van der Waals surface area contributed by atoms with Gasteiger partial charge in [0.1, 0.15) is 11.4 Å². The molecule has 0 N–H and O–H groups in total. The molecule has 1 aromatic heterocycles. The minimum atomic E-state index is -0.394. The van der Waals surface area contributed by atoms with Crippen molar-refractivity contribution in [2.45, 2.75) is 33.6 Å². The standard InChI is InChI=1S/C29H30FN3O3/c1-19-4-8-22(9-5-19)33-18-24-23(16-29(2,3)17-25(24)34)26(28(33)36)27(35)32-14-12-31(13-15-32)21-10-6-20(30)7-11-21/h4-11,18H,12-17H2,1-3H3. The molecule has 1 amide bonds. The Hall–Kier alpha value is -3.74. The molecule has 6 nitrogen and oxygen atoms in total. The van der Waals surface area contributed by atoms with Crippen molar-refractivity contribution < 1.29 is 14.0 Å². The fourth-order valence-electron chi connectivity index (χ4n) is 5.24. The summed E-state index contributed by atoms with van der Waals surface area (Å²) < 4.78 is 14.8. The van der Waals surface area contributed by atoms with Gasteiger partial charge >= 0.3 is 0 Å². The summed E-state index contributed by atoms with van der Waals surface area (Å²) in [7, 11) is 0. The summed E-state index contributed by atoms with van der Waals surface area (Å²) in [5.41, 5.74) is 2.98. The lowest BCUT2D eigenvalue weighted by Crippen LogP contribution is -2.50. The molecule has 1 aliphatic carbocycles. The SMILES string of the molecule is Cc1ccc(-n2cc3c(c(C(=O)N4CCN(c5ccc(F)cc5)CC4)c2=O)CC(C)(C)CC3=O)cc1. The maximum absolute atomic E-state index is 13.9. The lowest BCUT2D eigenvalue weighted by molar-refractivity contribution is 0.0742. The molecular formula is C29H30FN3O3. The lowest BCUT2D eigenvalue weighted by Gasteiger charge is -2.37. The number of nitrogens with zero attached hydrogens (tertiary/aromatic N) is 3. The number of pyridine rings is 1. The first-order valence-electron chi connectivity index (χ1n) is 12.3. The van der Waals surface area contributed by atoms with Crippen LogP contribution in [0, 0.1) is 18.2 Å². The molecule has 1 saturated heterocycles. The number of ketones is 1. The Labute approximate surface area is 210 Å². The van der Waals surface area contributed by atoms with E-state index in [0.29, 0.717) is 55.8 Å². The number of Topliss-reactive ketones (excluding diaryl/α,β-unsaturated/α-hetero) is 1. The van der Waals surface area contributed by atoms with Gasteiger partial charge in [-0.3, -0.25) is 19.0 Å². The number of aromatic nitrogens is 1. The van der Waals surface area contributed by atoms with Gasteiger partial charge in [-0.25, -0.2) is 4.39 Å².